The molecule has 0 bridgehead atoms. The first-order valence-corrected chi connectivity index (χ1v) is 11.9. The van der Waals surface area contributed by atoms with Crippen LogP contribution in [0.1, 0.15) is 48.5 Å². The van der Waals surface area contributed by atoms with Crippen molar-refractivity contribution in [1.82, 2.24) is 24.6 Å². The third-order valence-electron chi connectivity index (χ3n) is 5.60. The molecule has 4 aromatic rings. The summed E-state index contributed by atoms with van der Waals surface area (Å²) in [7, 11) is 0. The lowest BCUT2D eigenvalue weighted by Crippen LogP contribution is -2.22. The number of anilines is 2. The van der Waals surface area contributed by atoms with Crippen LogP contribution in [0.5, 0.6) is 0 Å². The molecular weight excluding hydrogens is 452 g/mol. The van der Waals surface area contributed by atoms with Gasteiger partial charge in [0, 0.05) is 30.1 Å². The number of amides is 1. The van der Waals surface area contributed by atoms with Gasteiger partial charge in [-0.25, -0.2) is 14.5 Å². The van der Waals surface area contributed by atoms with E-state index in [0.29, 0.717) is 23.0 Å². The molecule has 1 aromatic carbocycles. The molecule has 0 saturated heterocycles. The number of rotatable bonds is 8. The molecule has 0 unspecified atom stereocenters. The number of aromatic nitrogens is 5. The summed E-state index contributed by atoms with van der Waals surface area (Å²) in [6.45, 7) is 7.47. The van der Waals surface area contributed by atoms with Crippen molar-refractivity contribution in [2.45, 2.75) is 53.6 Å². The Kier molecular flexibility index (Phi) is 6.97. The fourth-order valence-electron chi connectivity index (χ4n) is 3.74. The van der Waals surface area contributed by atoms with Crippen molar-refractivity contribution in [3.8, 4) is 0 Å². The van der Waals surface area contributed by atoms with Crippen molar-refractivity contribution in [2.24, 2.45) is 0 Å². The maximum Gasteiger partial charge on any atom is 0.306 e. The number of carbonyl (C=O) groups is 2. The maximum absolute atomic E-state index is 12.4. The highest BCUT2D eigenvalue weighted by atomic mass is 32.1. The average Bonchev–Trinajstić information content (AvgIpc) is 3.48. The summed E-state index contributed by atoms with van der Waals surface area (Å²) in [5.74, 6) is 0.0815. The zero-order chi connectivity index (χ0) is 24.2. The van der Waals surface area contributed by atoms with Gasteiger partial charge in [-0.3, -0.25) is 14.5 Å². The summed E-state index contributed by atoms with van der Waals surface area (Å²) in [4.78, 5) is 39.3. The number of aryl methyl sites for hydroxylation is 3. The van der Waals surface area contributed by atoms with Gasteiger partial charge in [-0.05, 0) is 49.9 Å². The van der Waals surface area contributed by atoms with E-state index in [9.17, 15) is 9.59 Å². The molecule has 0 aliphatic heterocycles. The molecule has 0 atom stereocenters. The van der Waals surface area contributed by atoms with Crippen molar-refractivity contribution in [3.63, 3.8) is 0 Å². The van der Waals surface area contributed by atoms with Gasteiger partial charge in [-0.2, -0.15) is 10.1 Å². The van der Waals surface area contributed by atoms with Crippen LogP contribution in [0.2, 0.25) is 0 Å². The van der Waals surface area contributed by atoms with E-state index in [2.05, 4.69) is 27.0 Å². The van der Waals surface area contributed by atoms with E-state index >= 15 is 0 Å². The second-order valence-electron chi connectivity index (χ2n) is 7.89. The lowest BCUT2D eigenvalue weighted by atomic mass is 10.1. The van der Waals surface area contributed by atoms with Gasteiger partial charge in [0.05, 0.1) is 11.4 Å². The van der Waals surface area contributed by atoms with Crippen molar-refractivity contribution in [2.75, 3.05) is 4.90 Å². The van der Waals surface area contributed by atoms with Gasteiger partial charge in [-0.15, -0.1) is 11.3 Å². The minimum Gasteiger partial charge on any atom is -0.459 e. The van der Waals surface area contributed by atoms with Gasteiger partial charge in [0.2, 0.25) is 5.91 Å². The third kappa shape index (κ3) is 4.96. The molecule has 4 rings (SSSR count). The van der Waals surface area contributed by atoms with Crippen LogP contribution in [0.3, 0.4) is 0 Å². The predicted octanol–water partition coefficient (Wildman–Crippen LogP) is 4.12. The summed E-state index contributed by atoms with van der Waals surface area (Å²) in [6, 6.07) is 7.83. The Hall–Kier alpha value is -3.66. The monoisotopic (exact) mass is 478 g/mol. The van der Waals surface area contributed by atoms with Crippen molar-refractivity contribution < 1.29 is 14.3 Å². The molecule has 3 heterocycles. The largest absolute Gasteiger partial charge is 0.459 e. The quantitative estimate of drug-likeness (QED) is 0.351. The molecule has 0 spiro atoms. The Bertz CT molecular complexity index is 1330. The summed E-state index contributed by atoms with van der Waals surface area (Å²) in [6.07, 6.45) is 3.09. The second kappa shape index (κ2) is 10.1. The molecule has 0 fully saturated rings. The molecule has 0 aliphatic carbocycles. The van der Waals surface area contributed by atoms with Gasteiger partial charge in [0.15, 0.2) is 5.13 Å². The minimum absolute atomic E-state index is 0.0498. The Morgan fingerprint density at radius 2 is 1.91 bits per heavy atom. The lowest BCUT2D eigenvalue weighted by Gasteiger charge is -2.18. The van der Waals surface area contributed by atoms with Crippen LogP contribution in [0.15, 0.2) is 36.0 Å². The number of benzene rings is 1. The van der Waals surface area contributed by atoms with Gasteiger partial charge in [0.1, 0.15) is 12.9 Å². The highest BCUT2D eigenvalue weighted by Crippen LogP contribution is 2.29. The van der Waals surface area contributed by atoms with Gasteiger partial charge in [-0.1, -0.05) is 19.1 Å². The highest BCUT2D eigenvalue weighted by molar-refractivity contribution is 7.14. The molecule has 10 heteroatoms. The van der Waals surface area contributed by atoms with Crippen LogP contribution in [-0.4, -0.2) is 36.4 Å². The summed E-state index contributed by atoms with van der Waals surface area (Å²) in [5.41, 5.74) is 5.24. The van der Waals surface area contributed by atoms with Gasteiger partial charge >= 0.3 is 5.97 Å². The van der Waals surface area contributed by atoms with E-state index in [0.717, 1.165) is 29.1 Å². The summed E-state index contributed by atoms with van der Waals surface area (Å²) < 4.78 is 7.11. The van der Waals surface area contributed by atoms with E-state index < -0.39 is 0 Å². The zero-order valence-electron chi connectivity index (χ0n) is 19.6. The van der Waals surface area contributed by atoms with Crippen molar-refractivity contribution in [3.05, 3.63) is 64.2 Å². The van der Waals surface area contributed by atoms with E-state index in [4.69, 9.17) is 4.74 Å². The van der Waals surface area contributed by atoms with E-state index in [-0.39, 0.29) is 24.9 Å². The zero-order valence-corrected chi connectivity index (χ0v) is 20.4. The number of hydrogen-bond donors (Lipinski definition) is 0. The fraction of sp³-hybridized carbons (Fsp3) is 0.333. The highest BCUT2D eigenvalue weighted by Gasteiger charge is 2.19. The number of nitrogens with zero attached hydrogens (tertiary/aromatic N) is 6. The molecule has 9 nitrogen and oxygen atoms in total. The molecule has 176 valence electrons. The minimum atomic E-state index is -0.328. The summed E-state index contributed by atoms with van der Waals surface area (Å²) >= 11 is 1.34. The van der Waals surface area contributed by atoms with Crippen LogP contribution in [0.25, 0.3) is 5.78 Å². The molecule has 0 saturated carbocycles. The number of ether oxygens (including phenoxy) is 1. The first-order chi connectivity index (χ1) is 16.4. The van der Waals surface area contributed by atoms with Crippen LogP contribution < -0.4 is 4.90 Å². The SMILES string of the molecule is CCc1ccc(N(C(C)=O)c2nc(COC(=O)CCc3c(C)nc4ncnn4c3C)cs2)cc1. The topological polar surface area (TPSA) is 103 Å². The van der Waals surface area contributed by atoms with Gasteiger partial charge < -0.3 is 4.74 Å². The Morgan fingerprint density at radius 1 is 1.15 bits per heavy atom. The number of fused-ring (bicyclic) bond motifs is 1. The Morgan fingerprint density at radius 3 is 2.62 bits per heavy atom. The molecule has 3 aromatic heterocycles. The number of thiazole rings is 1. The van der Waals surface area contributed by atoms with E-state index in [1.54, 1.807) is 14.8 Å². The van der Waals surface area contributed by atoms with Crippen molar-refractivity contribution >= 4 is 39.8 Å². The molecule has 34 heavy (non-hydrogen) atoms. The normalized spacial score (nSPS) is 11.1. The number of carbonyl (C=O) groups excluding carboxylic acids is 2. The molecule has 0 radical (unpaired) electrons. The fourth-order valence-corrected chi connectivity index (χ4v) is 4.62. The summed E-state index contributed by atoms with van der Waals surface area (Å²) in [5, 5.41) is 6.52. The Labute approximate surface area is 201 Å². The van der Waals surface area contributed by atoms with Gasteiger partial charge in [0.25, 0.3) is 5.78 Å². The van der Waals surface area contributed by atoms with Crippen LogP contribution in [0, 0.1) is 13.8 Å². The third-order valence-corrected chi connectivity index (χ3v) is 6.47. The van der Waals surface area contributed by atoms with Crippen molar-refractivity contribution in [1.29, 1.82) is 0 Å². The number of hydrogen-bond acceptors (Lipinski definition) is 8. The van der Waals surface area contributed by atoms with Crippen LogP contribution in [0.4, 0.5) is 10.8 Å². The average molecular weight is 479 g/mol. The van der Waals surface area contributed by atoms with E-state index in [1.807, 2.05) is 38.1 Å². The molecule has 0 N–H and O–H groups in total. The second-order valence-corrected chi connectivity index (χ2v) is 8.73. The standard InChI is InChI=1S/C24H26N6O3S/c1-5-18-6-8-20(9-7-18)29(17(4)31)24-28-19(13-34-24)12-33-22(32)11-10-21-15(2)27-23-25-14-26-30(23)16(21)3/h6-9,13-14H,5,10-12H2,1-4H3. The smallest absolute Gasteiger partial charge is 0.306 e. The van der Waals surface area contributed by atoms with Crippen LogP contribution >= 0.6 is 11.3 Å². The first kappa shape index (κ1) is 23.5. The van der Waals surface area contributed by atoms with Crippen LogP contribution in [-0.2, 0) is 33.8 Å². The first-order valence-electron chi connectivity index (χ1n) is 11.0. The lowest BCUT2D eigenvalue weighted by molar-refractivity contribution is -0.145. The Balaban J connectivity index is 1.37. The molecule has 1 amide bonds. The maximum atomic E-state index is 12.4. The molecule has 0 aliphatic rings. The molecular formula is C24H26N6O3S. The number of esters is 1. The predicted molar refractivity (Wildman–Crippen MR) is 129 cm³/mol. The van der Waals surface area contributed by atoms with E-state index in [1.165, 1.54) is 30.2 Å².